The molecule has 0 aliphatic heterocycles. The average molecular weight is 245 g/mol. The molecule has 0 bridgehead atoms. The maximum absolute atomic E-state index is 5.37. The Labute approximate surface area is 109 Å². The predicted molar refractivity (Wildman–Crippen MR) is 76.9 cm³/mol. The van der Waals surface area contributed by atoms with Crippen molar-refractivity contribution in [3.05, 3.63) is 36.1 Å². The summed E-state index contributed by atoms with van der Waals surface area (Å²) in [6.07, 6.45) is 6.68. The molecule has 0 spiro atoms. The number of nitrogens with one attached hydrogen (secondary N) is 1. The van der Waals surface area contributed by atoms with Gasteiger partial charge in [-0.05, 0) is 43.1 Å². The number of fused-ring (bicyclic) bond motifs is 1. The summed E-state index contributed by atoms with van der Waals surface area (Å²) in [7, 11) is 0. The van der Waals surface area contributed by atoms with E-state index in [9.17, 15) is 0 Å². The highest BCUT2D eigenvalue weighted by Crippen LogP contribution is 2.18. The van der Waals surface area contributed by atoms with Crippen molar-refractivity contribution < 1.29 is 4.42 Å². The highest BCUT2D eigenvalue weighted by atomic mass is 16.3. The van der Waals surface area contributed by atoms with Gasteiger partial charge in [0.05, 0.1) is 6.26 Å². The first kappa shape index (κ1) is 13.2. The molecule has 0 saturated heterocycles. The number of likely N-dealkylation sites (N-methyl/N-ethyl adjacent to an activating group) is 1. The molecule has 0 amide bonds. The number of hydrogen-bond donors (Lipinski definition) is 1. The fourth-order valence-electron chi connectivity index (χ4n) is 2.44. The quantitative estimate of drug-likeness (QED) is 0.793. The summed E-state index contributed by atoms with van der Waals surface area (Å²) in [5, 5.41) is 4.79. The summed E-state index contributed by atoms with van der Waals surface area (Å²) in [5.41, 5.74) is 2.37. The van der Waals surface area contributed by atoms with E-state index in [0.29, 0.717) is 6.04 Å². The van der Waals surface area contributed by atoms with Crippen LogP contribution >= 0.6 is 0 Å². The van der Waals surface area contributed by atoms with Crippen LogP contribution in [-0.4, -0.2) is 12.6 Å². The standard InChI is InChI=1S/C16H23NO/c1-3-5-6-15(17-4-2)12-13-7-8-16-14(11-13)9-10-18-16/h7-11,15,17H,3-6,12H2,1-2H3. The second-order valence-electron chi connectivity index (χ2n) is 4.89. The molecule has 1 aromatic heterocycles. The zero-order valence-corrected chi connectivity index (χ0v) is 11.4. The van der Waals surface area contributed by atoms with Crippen molar-refractivity contribution in [2.24, 2.45) is 0 Å². The number of furan rings is 1. The van der Waals surface area contributed by atoms with Crippen molar-refractivity contribution in [1.29, 1.82) is 0 Å². The van der Waals surface area contributed by atoms with Gasteiger partial charge >= 0.3 is 0 Å². The van der Waals surface area contributed by atoms with E-state index in [1.54, 1.807) is 6.26 Å². The lowest BCUT2D eigenvalue weighted by Gasteiger charge is -2.17. The van der Waals surface area contributed by atoms with Crippen LogP contribution in [0.2, 0.25) is 0 Å². The van der Waals surface area contributed by atoms with Crippen LogP contribution in [0.4, 0.5) is 0 Å². The number of unbranched alkanes of at least 4 members (excludes halogenated alkanes) is 1. The van der Waals surface area contributed by atoms with Gasteiger partial charge in [-0.25, -0.2) is 0 Å². The van der Waals surface area contributed by atoms with Crippen LogP contribution in [-0.2, 0) is 6.42 Å². The van der Waals surface area contributed by atoms with E-state index >= 15 is 0 Å². The van der Waals surface area contributed by atoms with Crippen molar-refractivity contribution in [2.45, 2.75) is 45.6 Å². The van der Waals surface area contributed by atoms with Crippen molar-refractivity contribution in [1.82, 2.24) is 5.32 Å². The third-order valence-corrected chi connectivity index (χ3v) is 3.40. The summed E-state index contributed by atoms with van der Waals surface area (Å²) < 4.78 is 5.37. The van der Waals surface area contributed by atoms with E-state index in [1.165, 1.54) is 30.2 Å². The van der Waals surface area contributed by atoms with Gasteiger partial charge in [0.1, 0.15) is 5.58 Å². The second-order valence-corrected chi connectivity index (χ2v) is 4.89. The second kappa shape index (κ2) is 6.60. The zero-order chi connectivity index (χ0) is 12.8. The minimum atomic E-state index is 0.597. The molecule has 1 N–H and O–H groups in total. The Hall–Kier alpha value is -1.28. The topological polar surface area (TPSA) is 25.2 Å². The van der Waals surface area contributed by atoms with Crippen LogP contribution in [0.25, 0.3) is 11.0 Å². The summed E-state index contributed by atoms with van der Waals surface area (Å²) in [6.45, 7) is 5.47. The Morgan fingerprint density at radius 3 is 2.89 bits per heavy atom. The smallest absolute Gasteiger partial charge is 0.133 e. The van der Waals surface area contributed by atoms with Gasteiger partial charge in [0, 0.05) is 11.4 Å². The molecule has 0 saturated carbocycles. The van der Waals surface area contributed by atoms with Crippen LogP contribution in [0.15, 0.2) is 34.9 Å². The molecule has 2 aromatic rings. The van der Waals surface area contributed by atoms with E-state index in [2.05, 4.69) is 37.4 Å². The molecule has 0 aliphatic carbocycles. The third kappa shape index (κ3) is 3.36. The fourth-order valence-corrected chi connectivity index (χ4v) is 2.44. The largest absolute Gasteiger partial charge is 0.464 e. The summed E-state index contributed by atoms with van der Waals surface area (Å²) >= 11 is 0. The van der Waals surface area contributed by atoms with E-state index in [1.807, 2.05) is 6.07 Å². The summed E-state index contributed by atoms with van der Waals surface area (Å²) in [5.74, 6) is 0. The van der Waals surface area contributed by atoms with Gasteiger partial charge in [-0.2, -0.15) is 0 Å². The Kier molecular flexibility index (Phi) is 4.82. The first-order valence-corrected chi connectivity index (χ1v) is 7.03. The third-order valence-electron chi connectivity index (χ3n) is 3.40. The van der Waals surface area contributed by atoms with Gasteiger partial charge in [0.2, 0.25) is 0 Å². The van der Waals surface area contributed by atoms with Gasteiger partial charge in [0.15, 0.2) is 0 Å². The molecule has 2 heteroatoms. The molecule has 2 rings (SSSR count). The molecule has 1 unspecified atom stereocenters. The molecule has 2 nitrogen and oxygen atoms in total. The lowest BCUT2D eigenvalue weighted by molar-refractivity contribution is 0.473. The monoisotopic (exact) mass is 245 g/mol. The molecule has 98 valence electrons. The van der Waals surface area contributed by atoms with E-state index < -0.39 is 0 Å². The van der Waals surface area contributed by atoms with E-state index in [-0.39, 0.29) is 0 Å². The Morgan fingerprint density at radius 1 is 1.22 bits per heavy atom. The molecular formula is C16H23NO. The summed E-state index contributed by atoms with van der Waals surface area (Å²) in [4.78, 5) is 0. The van der Waals surface area contributed by atoms with Crippen molar-refractivity contribution >= 4 is 11.0 Å². The zero-order valence-electron chi connectivity index (χ0n) is 11.4. The van der Waals surface area contributed by atoms with Gasteiger partial charge in [-0.3, -0.25) is 0 Å². The van der Waals surface area contributed by atoms with Gasteiger partial charge in [-0.1, -0.05) is 32.8 Å². The number of rotatable bonds is 7. The van der Waals surface area contributed by atoms with Crippen molar-refractivity contribution in [2.75, 3.05) is 6.54 Å². The molecule has 0 fully saturated rings. The first-order chi connectivity index (χ1) is 8.83. The molecule has 1 aromatic carbocycles. The van der Waals surface area contributed by atoms with Gasteiger partial charge < -0.3 is 9.73 Å². The van der Waals surface area contributed by atoms with Gasteiger partial charge in [0.25, 0.3) is 0 Å². The van der Waals surface area contributed by atoms with Crippen molar-refractivity contribution in [3.8, 4) is 0 Å². The Bertz CT molecular complexity index is 475. The Balaban J connectivity index is 2.04. The molecule has 1 heterocycles. The minimum Gasteiger partial charge on any atom is -0.464 e. The fraction of sp³-hybridized carbons (Fsp3) is 0.500. The average Bonchev–Trinajstić information content (AvgIpc) is 2.83. The lowest BCUT2D eigenvalue weighted by atomic mass is 10.00. The predicted octanol–water partition coefficient (Wildman–Crippen LogP) is 4.14. The SMILES string of the molecule is CCCCC(Cc1ccc2occc2c1)NCC. The van der Waals surface area contributed by atoms with Gasteiger partial charge in [-0.15, -0.1) is 0 Å². The molecule has 1 atom stereocenters. The lowest BCUT2D eigenvalue weighted by Crippen LogP contribution is -2.30. The molecular weight excluding hydrogens is 222 g/mol. The van der Waals surface area contributed by atoms with Crippen LogP contribution in [0.5, 0.6) is 0 Å². The highest BCUT2D eigenvalue weighted by Gasteiger charge is 2.08. The normalized spacial score (nSPS) is 13.0. The Morgan fingerprint density at radius 2 is 2.11 bits per heavy atom. The van der Waals surface area contributed by atoms with Crippen LogP contribution in [0, 0.1) is 0 Å². The molecule has 18 heavy (non-hydrogen) atoms. The summed E-state index contributed by atoms with van der Waals surface area (Å²) in [6, 6.07) is 9.14. The van der Waals surface area contributed by atoms with Crippen LogP contribution in [0.1, 0.15) is 38.7 Å². The van der Waals surface area contributed by atoms with Crippen molar-refractivity contribution in [3.63, 3.8) is 0 Å². The molecule has 0 radical (unpaired) electrons. The number of benzene rings is 1. The first-order valence-electron chi connectivity index (χ1n) is 7.03. The van der Waals surface area contributed by atoms with Crippen LogP contribution < -0.4 is 5.32 Å². The maximum atomic E-state index is 5.37. The molecule has 0 aliphatic rings. The minimum absolute atomic E-state index is 0.597. The highest BCUT2D eigenvalue weighted by molar-refractivity contribution is 5.77. The van der Waals surface area contributed by atoms with E-state index in [0.717, 1.165) is 18.5 Å². The maximum Gasteiger partial charge on any atom is 0.133 e. The number of hydrogen-bond acceptors (Lipinski definition) is 2. The van der Waals surface area contributed by atoms with Crippen LogP contribution in [0.3, 0.4) is 0 Å². The van der Waals surface area contributed by atoms with E-state index in [4.69, 9.17) is 4.42 Å².